The Morgan fingerprint density at radius 1 is 1.77 bits per heavy atom. The Kier molecular flexibility index (Phi) is 4.32. The zero-order valence-corrected chi connectivity index (χ0v) is 10.1. The Hall–Kier alpha value is 0.0349. The molecule has 1 aliphatic rings. The molecule has 1 rings (SSSR count). The fraction of sp³-hybridized carbons (Fsp3) is 0.375. The van der Waals surface area contributed by atoms with Gasteiger partial charge in [-0.05, 0) is 0 Å². The molecule has 2 nitrogen and oxygen atoms in total. The summed E-state index contributed by atoms with van der Waals surface area (Å²) in [6.45, 7) is 0. The highest BCUT2D eigenvalue weighted by molar-refractivity contribution is 14.1. The molecule has 0 amide bonds. The van der Waals surface area contributed by atoms with Crippen molar-refractivity contribution in [3.05, 3.63) is 23.7 Å². The lowest BCUT2D eigenvalue weighted by Gasteiger charge is -2.21. The Bertz CT molecular complexity index is 265. The van der Waals surface area contributed by atoms with Crippen molar-refractivity contribution in [1.29, 1.82) is 0 Å². The highest BCUT2D eigenvalue weighted by Gasteiger charge is 2.30. The first kappa shape index (κ1) is 11.1. The minimum absolute atomic E-state index is 0.257. The highest BCUT2D eigenvalue weighted by atomic mass is 127. The van der Waals surface area contributed by atoms with Crippen LogP contribution in [0.4, 0.5) is 0 Å². The predicted octanol–water partition coefficient (Wildman–Crippen LogP) is 1.62. The van der Waals surface area contributed by atoms with E-state index >= 15 is 0 Å². The molecule has 0 saturated heterocycles. The number of ether oxygens (including phenoxy) is 1. The van der Waals surface area contributed by atoms with Crippen LogP contribution in [0.3, 0.4) is 0 Å². The summed E-state index contributed by atoms with van der Waals surface area (Å²) in [5.41, 5.74) is 1.02. The van der Waals surface area contributed by atoms with E-state index in [1.54, 1.807) is 6.08 Å². The van der Waals surface area contributed by atoms with E-state index in [0.717, 1.165) is 10.6 Å². The van der Waals surface area contributed by atoms with Gasteiger partial charge in [0.1, 0.15) is 0 Å². The van der Waals surface area contributed by atoms with E-state index in [-0.39, 0.29) is 17.3 Å². The number of rotatable bonds is 2. The molecule has 0 aromatic heterocycles. The zero-order chi connectivity index (χ0) is 9.84. The summed E-state index contributed by atoms with van der Waals surface area (Å²) < 4.78 is 4.69. The van der Waals surface area contributed by atoms with E-state index in [0.29, 0.717) is 0 Å². The second-order valence-electron chi connectivity index (χ2n) is 2.71. The maximum Gasteiger partial charge on any atom is 0.313 e. The van der Waals surface area contributed by atoms with Gasteiger partial charge in [-0.15, -0.1) is 34.0 Å². The van der Waals surface area contributed by atoms with Crippen LogP contribution in [0.5, 0.6) is 0 Å². The minimum Gasteiger partial charge on any atom is -0.469 e. The molecule has 13 heavy (non-hydrogen) atoms. The lowest BCUT2D eigenvalue weighted by Crippen LogP contribution is -2.29. The molecule has 0 saturated carbocycles. The molecule has 0 aliphatic heterocycles. The minimum atomic E-state index is -0.312. The van der Waals surface area contributed by atoms with Gasteiger partial charge in [-0.2, -0.15) is 0 Å². The molecule has 0 bridgehead atoms. The van der Waals surface area contributed by atoms with Crippen LogP contribution in [0.1, 0.15) is 0 Å². The van der Waals surface area contributed by atoms with Crippen molar-refractivity contribution >= 4 is 45.1 Å². The van der Waals surface area contributed by atoms with Crippen LogP contribution >= 0.6 is 34.0 Å². The quantitative estimate of drug-likeness (QED) is 0.335. The number of halogens is 2. The van der Waals surface area contributed by atoms with Crippen LogP contribution in [0.2, 0.25) is 0 Å². The SMILES string of the molecule is COC(=O)C1C(BI)=CC=CC1Cl. The second kappa shape index (κ2) is 5.05. The van der Waals surface area contributed by atoms with Gasteiger partial charge in [0.25, 0.3) is 0 Å². The molecule has 0 heterocycles. The highest BCUT2D eigenvalue weighted by Crippen LogP contribution is 2.26. The van der Waals surface area contributed by atoms with Crippen molar-refractivity contribution in [2.45, 2.75) is 5.38 Å². The molecular weight excluding hydrogens is 301 g/mol. The summed E-state index contributed by atoms with van der Waals surface area (Å²) in [5, 5.41) is 0.521. The predicted molar refractivity (Wildman–Crippen MR) is 63.5 cm³/mol. The van der Waals surface area contributed by atoms with E-state index in [9.17, 15) is 4.79 Å². The third kappa shape index (κ3) is 2.50. The van der Waals surface area contributed by atoms with Crippen LogP contribution in [-0.4, -0.2) is 23.6 Å². The molecular formula is C8H9BClIO2. The average Bonchev–Trinajstić information content (AvgIpc) is 2.16. The molecule has 0 fully saturated rings. The van der Waals surface area contributed by atoms with Crippen LogP contribution in [0.25, 0.3) is 0 Å². The first-order valence-corrected chi connectivity index (χ1v) is 5.82. The van der Waals surface area contributed by atoms with Gasteiger partial charge in [-0.3, -0.25) is 4.79 Å². The molecule has 5 heteroatoms. The number of hydrogen-bond acceptors (Lipinski definition) is 2. The molecule has 0 aromatic carbocycles. The molecule has 0 aromatic rings. The van der Waals surface area contributed by atoms with Crippen LogP contribution in [-0.2, 0) is 9.53 Å². The second-order valence-corrected chi connectivity index (χ2v) is 3.97. The van der Waals surface area contributed by atoms with Crippen molar-refractivity contribution in [2.24, 2.45) is 5.92 Å². The Morgan fingerprint density at radius 3 is 3.00 bits per heavy atom. The number of allylic oxidation sites excluding steroid dienone is 3. The Balaban J connectivity index is 2.86. The summed E-state index contributed by atoms with van der Waals surface area (Å²) in [6.07, 6.45) is 5.61. The summed E-state index contributed by atoms with van der Waals surface area (Å²) in [6, 6.07) is 0. The van der Waals surface area contributed by atoms with Crippen LogP contribution < -0.4 is 0 Å². The van der Waals surface area contributed by atoms with Gasteiger partial charge < -0.3 is 4.74 Å². The van der Waals surface area contributed by atoms with Gasteiger partial charge in [0.05, 0.1) is 18.4 Å². The van der Waals surface area contributed by atoms with Crippen molar-refractivity contribution in [2.75, 3.05) is 7.11 Å². The number of hydrogen-bond donors (Lipinski definition) is 0. The van der Waals surface area contributed by atoms with Gasteiger partial charge >= 0.3 is 5.97 Å². The fourth-order valence-corrected chi connectivity index (χ4v) is 2.32. The summed E-state index contributed by atoms with van der Waals surface area (Å²) >= 11 is 8.21. The summed E-state index contributed by atoms with van der Waals surface area (Å²) in [5.74, 6) is -0.569. The van der Waals surface area contributed by atoms with E-state index in [4.69, 9.17) is 16.3 Å². The van der Waals surface area contributed by atoms with E-state index < -0.39 is 0 Å². The van der Waals surface area contributed by atoms with E-state index in [1.807, 2.05) is 12.2 Å². The first-order chi connectivity index (χ1) is 6.20. The van der Waals surface area contributed by atoms with Crippen LogP contribution in [0, 0.1) is 5.92 Å². The van der Waals surface area contributed by atoms with Crippen molar-refractivity contribution in [1.82, 2.24) is 0 Å². The number of alkyl halides is 1. The molecule has 2 unspecified atom stereocenters. The zero-order valence-electron chi connectivity index (χ0n) is 7.17. The summed E-state index contributed by atoms with van der Waals surface area (Å²) in [4.78, 5) is 11.4. The van der Waals surface area contributed by atoms with Gasteiger partial charge in [0.2, 0.25) is 5.14 Å². The monoisotopic (exact) mass is 310 g/mol. The maximum absolute atomic E-state index is 11.4. The molecule has 0 spiro atoms. The molecule has 1 aliphatic carbocycles. The smallest absolute Gasteiger partial charge is 0.313 e. The van der Waals surface area contributed by atoms with Gasteiger partial charge in [0.15, 0.2) is 0 Å². The summed E-state index contributed by atoms with van der Waals surface area (Å²) in [7, 11) is 1.38. The van der Waals surface area contributed by atoms with Crippen molar-refractivity contribution < 1.29 is 9.53 Å². The Labute approximate surface area is 96.5 Å². The average molecular weight is 310 g/mol. The van der Waals surface area contributed by atoms with Gasteiger partial charge in [-0.25, -0.2) is 0 Å². The lowest BCUT2D eigenvalue weighted by atomic mass is 9.78. The first-order valence-electron chi connectivity index (χ1n) is 3.85. The molecule has 0 radical (unpaired) electrons. The molecule has 2 atom stereocenters. The molecule has 70 valence electrons. The molecule has 0 N–H and O–H groups in total. The third-order valence-corrected chi connectivity index (χ3v) is 3.21. The third-order valence-electron chi connectivity index (χ3n) is 1.93. The number of methoxy groups -OCH3 is 1. The van der Waals surface area contributed by atoms with Crippen LogP contribution in [0.15, 0.2) is 23.7 Å². The van der Waals surface area contributed by atoms with E-state index in [1.165, 1.54) is 7.11 Å². The lowest BCUT2D eigenvalue weighted by molar-refractivity contribution is -0.143. The van der Waals surface area contributed by atoms with Gasteiger partial charge in [0, 0.05) is 0 Å². The van der Waals surface area contributed by atoms with Crippen molar-refractivity contribution in [3.8, 4) is 0 Å². The van der Waals surface area contributed by atoms with E-state index in [2.05, 4.69) is 22.4 Å². The normalized spacial score (nSPS) is 26.5. The maximum atomic E-state index is 11.4. The standard InChI is InChI=1S/C8H9BClIO2/c1-13-8(12)7-5(9-11)3-2-4-6(7)10/h2-4,6-7,9H,1H3. The van der Waals surface area contributed by atoms with Crippen molar-refractivity contribution in [3.63, 3.8) is 0 Å². The fourth-order valence-electron chi connectivity index (χ4n) is 1.24. The largest absolute Gasteiger partial charge is 0.469 e. The topological polar surface area (TPSA) is 26.3 Å². The number of esters is 1. The number of carbonyl (C=O) groups excluding carboxylic acids is 1. The van der Waals surface area contributed by atoms with Gasteiger partial charge in [-0.1, -0.05) is 23.7 Å². The number of carbonyl (C=O) groups is 1. The Morgan fingerprint density at radius 2 is 2.46 bits per heavy atom.